The van der Waals surface area contributed by atoms with E-state index in [1.165, 1.54) is 38.9 Å². The molecule has 2 aromatic heterocycles. The van der Waals surface area contributed by atoms with Crippen LogP contribution in [0, 0.1) is 0 Å². The first-order valence-electron chi connectivity index (χ1n) is 21.1. The summed E-state index contributed by atoms with van der Waals surface area (Å²) in [4.78, 5) is 10.5. The van der Waals surface area contributed by atoms with Crippen LogP contribution in [0.2, 0.25) is 0 Å². The topological polar surface area (TPSA) is 38.9 Å². The Morgan fingerprint density at radius 3 is 1.58 bits per heavy atom. The van der Waals surface area contributed by atoms with Crippen LogP contribution in [0.4, 0.5) is 0 Å². The van der Waals surface area contributed by atoms with Gasteiger partial charge in [0.25, 0.3) is 0 Å². The average Bonchev–Trinajstić information content (AvgIpc) is 3.88. The maximum absolute atomic E-state index is 6.15. The van der Waals surface area contributed by atoms with Gasteiger partial charge in [0.1, 0.15) is 11.2 Å². The smallest absolute Gasteiger partial charge is 0.160 e. The quantitative estimate of drug-likeness (QED) is 0.161. The van der Waals surface area contributed by atoms with Crippen LogP contribution in [0.15, 0.2) is 235 Å². The highest BCUT2D eigenvalue weighted by molar-refractivity contribution is 6.06. The van der Waals surface area contributed by atoms with E-state index in [-0.39, 0.29) is 0 Å². The fourth-order valence-electron chi connectivity index (χ4n) is 9.81. The molecule has 0 atom stereocenters. The summed E-state index contributed by atoms with van der Waals surface area (Å²) >= 11 is 0. The standard InChI is InChI=1S/C59H38N2O/c1-4-17-39(18-5-1)58-60-53(43-21-14-19-40(35-43)41-33-34-56-51(37-41)49-28-11-13-32-55(49)62-56)38-54(61-58)44-22-15-20-42(36-44)47-29-16-30-50-48-27-10-12-31-52(48)59(57(47)50,45-23-6-2-7-24-45)46-25-8-3-9-26-46/h1-38H. The number of benzene rings is 9. The SMILES string of the molecule is c1ccc(-c2nc(-c3cccc(-c4ccc5oc6ccccc6c5c4)c3)cc(-c3cccc(-c4cccc5c4C(c4ccccc4)(c4ccccc4)c4ccccc4-5)c3)n2)cc1. The van der Waals surface area contributed by atoms with E-state index in [1.54, 1.807) is 0 Å². The Bertz CT molecular complexity index is 3420. The van der Waals surface area contributed by atoms with Gasteiger partial charge in [-0.15, -0.1) is 0 Å². The maximum atomic E-state index is 6.15. The Morgan fingerprint density at radius 1 is 0.323 bits per heavy atom. The lowest BCUT2D eigenvalue weighted by atomic mass is 9.66. The maximum Gasteiger partial charge on any atom is 0.160 e. The molecule has 0 fully saturated rings. The molecule has 0 spiro atoms. The van der Waals surface area contributed by atoms with Gasteiger partial charge < -0.3 is 4.42 Å². The molecule has 0 unspecified atom stereocenters. The van der Waals surface area contributed by atoms with Crippen LogP contribution in [0.25, 0.3) is 89.2 Å². The summed E-state index contributed by atoms with van der Waals surface area (Å²) in [6, 6.07) is 82.4. The third kappa shape index (κ3) is 5.74. The lowest BCUT2D eigenvalue weighted by Crippen LogP contribution is -2.29. The minimum absolute atomic E-state index is 0.524. The fourth-order valence-corrected chi connectivity index (χ4v) is 9.81. The zero-order valence-corrected chi connectivity index (χ0v) is 33.7. The molecule has 9 aromatic carbocycles. The number of rotatable bonds is 7. The molecule has 0 radical (unpaired) electrons. The van der Waals surface area contributed by atoms with E-state index in [0.29, 0.717) is 5.82 Å². The monoisotopic (exact) mass is 790 g/mol. The van der Waals surface area contributed by atoms with Gasteiger partial charge in [0.15, 0.2) is 5.82 Å². The predicted molar refractivity (Wildman–Crippen MR) is 254 cm³/mol. The molecule has 11 aromatic rings. The van der Waals surface area contributed by atoms with Crippen LogP contribution in [-0.2, 0) is 5.41 Å². The van der Waals surface area contributed by atoms with Crippen molar-refractivity contribution in [1.29, 1.82) is 0 Å². The average molecular weight is 791 g/mol. The summed E-state index contributed by atoms with van der Waals surface area (Å²) in [5.74, 6) is 0.684. The highest BCUT2D eigenvalue weighted by Crippen LogP contribution is 2.58. The molecule has 0 saturated heterocycles. The second kappa shape index (κ2) is 14.5. The number of hydrogen-bond acceptors (Lipinski definition) is 3. The van der Waals surface area contributed by atoms with Crippen LogP contribution < -0.4 is 0 Å². The molecule has 290 valence electrons. The Morgan fingerprint density at radius 2 is 0.839 bits per heavy atom. The minimum atomic E-state index is -0.524. The minimum Gasteiger partial charge on any atom is -0.456 e. The zero-order valence-electron chi connectivity index (χ0n) is 33.7. The van der Waals surface area contributed by atoms with Crippen LogP contribution in [-0.4, -0.2) is 9.97 Å². The molecule has 3 heteroatoms. The lowest BCUT2D eigenvalue weighted by molar-refractivity contribution is 0.669. The van der Waals surface area contributed by atoms with Crippen molar-refractivity contribution in [1.82, 2.24) is 9.97 Å². The van der Waals surface area contributed by atoms with Crippen molar-refractivity contribution < 1.29 is 4.42 Å². The van der Waals surface area contributed by atoms with Gasteiger partial charge in [-0.3, -0.25) is 0 Å². The molecule has 12 rings (SSSR count). The summed E-state index contributed by atoms with van der Waals surface area (Å²) < 4.78 is 6.15. The number of hydrogen-bond donors (Lipinski definition) is 0. The van der Waals surface area contributed by atoms with Crippen molar-refractivity contribution in [2.75, 3.05) is 0 Å². The highest BCUT2D eigenvalue weighted by atomic mass is 16.3. The molecular formula is C59H38N2O. The van der Waals surface area contributed by atoms with E-state index in [9.17, 15) is 0 Å². The number of para-hydroxylation sites is 1. The molecule has 0 saturated carbocycles. The molecule has 0 bridgehead atoms. The Balaban J connectivity index is 1.02. The van der Waals surface area contributed by atoms with Crippen LogP contribution in [0.3, 0.4) is 0 Å². The van der Waals surface area contributed by atoms with E-state index in [1.807, 2.05) is 30.3 Å². The van der Waals surface area contributed by atoms with Gasteiger partial charge in [0.05, 0.1) is 16.8 Å². The third-order valence-electron chi connectivity index (χ3n) is 12.6. The van der Waals surface area contributed by atoms with Gasteiger partial charge in [-0.25, -0.2) is 9.97 Å². The summed E-state index contributed by atoms with van der Waals surface area (Å²) in [6.07, 6.45) is 0. The second-order valence-electron chi connectivity index (χ2n) is 16.1. The summed E-state index contributed by atoms with van der Waals surface area (Å²) in [5.41, 5.74) is 18.1. The van der Waals surface area contributed by atoms with Crippen molar-refractivity contribution in [2.24, 2.45) is 0 Å². The molecule has 62 heavy (non-hydrogen) atoms. The Hall–Kier alpha value is -8.14. The van der Waals surface area contributed by atoms with Gasteiger partial charge in [0.2, 0.25) is 0 Å². The Labute approximate surface area is 360 Å². The molecule has 0 N–H and O–H groups in total. The summed E-state index contributed by atoms with van der Waals surface area (Å²) in [7, 11) is 0. The van der Waals surface area contributed by atoms with Crippen LogP contribution in [0.1, 0.15) is 22.3 Å². The highest BCUT2D eigenvalue weighted by Gasteiger charge is 2.47. The molecule has 1 aliphatic carbocycles. The fraction of sp³-hybridized carbons (Fsp3) is 0.0169. The molecule has 0 aliphatic heterocycles. The molecule has 3 nitrogen and oxygen atoms in total. The number of furan rings is 1. The first-order valence-corrected chi connectivity index (χ1v) is 21.1. The number of fused-ring (bicyclic) bond motifs is 6. The largest absolute Gasteiger partial charge is 0.456 e. The lowest BCUT2D eigenvalue weighted by Gasteiger charge is -2.35. The van der Waals surface area contributed by atoms with Crippen molar-refractivity contribution in [3.05, 3.63) is 253 Å². The van der Waals surface area contributed by atoms with Crippen molar-refractivity contribution in [3.8, 4) is 67.3 Å². The van der Waals surface area contributed by atoms with Crippen molar-refractivity contribution in [2.45, 2.75) is 5.41 Å². The van der Waals surface area contributed by atoms with Gasteiger partial charge in [-0.1, -0.05) is 194 Å². The predicted octanol–water partition coefficient (Wildman–Crippen LogP) is 15.1. The number of aromatic nitrogens is 2. The first kappa shape index (κ1) is 35.8. The van der Waals surface area contributed by atoms with Gasteiger partial charge >= 0.3 is 0 Å². The van der Waals surface area contributed by atoms with Gasteiger partial charge in [-0.2, -0.15) is 0 Å². The van der Waals surface area contributed by atoms with Crippen LogP contribution in [0.5, 0.6) is 0 Å². The Kier molecular flexibility index (Phi) is 8.39. The first-order chi connectivity index (χ1) is 30.7. The van der Waals surface area contributed by atoms with Crippen molar-refractivity contribution >= 4 is 21.9 Å². The zero-order chi connectivity index (χ0) is 41.0. The normalized spacial score (nSPS) is 12.6. The molecule has 0 amide bonds. The van der Waals surface area contributed by atoms with E-state index >= 15 is 0 Å². The van der Waals surface area contributed by atoms with E-state index in [0.717, 1.165) is 66.7 Å². The molecule has 2 heterocycles. The van der Waals surface area contributed by atoms with Crippen molar-refractivity contribution in [3.63, 3.8) is 0 Å². The summed E-state index contributed by atoms with van der Waals surface area (Å²) in [5, 5.41) is 2.23. The molecule has 1 aliphatic rings. The molecular weight excluding hydrogens is 753 g/mol. The van der Waals surface area contributed by atoms with Gasteiger partial charge in [-0.05, 0) is 92.0 Å². The van der Waals surface area contributed by atoms with Gasteiger partial charge in [0, 0.05) is 27.5 Å². The third-order valence-corrected chi connectivity index (χ3v) is 12.6. The van der Waals surface area contributed by atoms with Crippen LogP contribution >= 0.6 is 0 Å². The second-order valence-corrected chi connectivity index (χ2v) is 16.1. The van der Waals surface area contributed by atoms with E-state index < -0.39 is 5.41 Å². The summed E-state index contributed by atoms with van der Waals surface area (Å²) in [6.45, 7) is 0. The number of nitrogens with zero attached hydrogens (tertiary/aromatic N) is 2. The van der Waals surface area contributed by atoms with E-state index in [4.69, 9.17) is 14.4 Å². The van der Waals surface area contributed by atoms with E-state index in [2.05, 4.69) is 200 Å².